The Morgan fingerprint density at radius 3 is 2.50 bits per heavy atom. The number of hydrogen-bond donors (Lipinski definition) is 2. The van der Waals surface area contributed by atoms with Crippen LogP contribution in [0.25, 0.3) is 0 Å². The normalized spacial score (nSPS) is 11.5. The van der Waals surface area contributed by atoms with E-state index in [0.29, 0.717) is 16.6 Å². The van der Waals surface area contributed by atoms with Gasteiger partial charge in [0.05, 0.1) is 20.3 Å². The van der Waals surface area contributed by atoms with Crippen LogP contribution in [0.2, 0.25) is 0 Å². The molecule has 0 bridgehead atoms. The summed E-state index contributed by atoms with van der Waals surface area (Å²) in [5.74, 6) is 1.42. The summed E-state index contributed by atoms with van der Waals surface area (Å²) in [6, 6.07) is 13.9. The molecule has 2 aromatic rings. The third-order valence-corrected chi connectivity index (χ3v) is 4.32. The molecule has 0 spiro atoms. The molecule has 4 nitrogen and oxygen atoms in total. The molecule has 1 atom stereocenters. The molecule has 0 amide bonds. The Kier molecular flexibility index (Phi) is 6.87. The fourth-order valence-electron chi connectivity index (χ4n) is 2.38. The largest absolute Gasteiger partial charge is 0.493 e. The van der Waals surface area contributed by atoms with Crippen LogP contribution in [0.1, 0.15) is 24.9 Å². The van der Waals surface area contributed by atoms with E-state index in [-0.39, 0.29) is 6.04 Å². The maximum Gasteiger partial charge on any atom is 0.171 e. The standard InChI is InChI=1S/C18H21BrN2O2S/c1-4-15(12-8-9-16(22-2)17(10-12)23-3)21-18(24)20-14-7-5-6-13(19)11-14/h5-11,15H,4H2,1-3H3,(H2,20,21,24)/t15-/m1/s1. The zero-order chi connectivity index (χ0) is 17.5. The topological polar surface area (TPSA) is 42.5 Å². The number of nitrogens with one attached hydrogen (secondary N) is 2. The quantitative estimate of drug-likeness (QED) is 0.664. The van der Waals surface area contributed by atoms with Crippen LogP contribution >= 0.6 is 28.1 Å². The molecule has 2 aromatic carbocycles. The van der Waals surface area contributed by atoms with Crippen molar-refractivity contribution in [3.05, 3.63) is 52.5 Å². The second kappa shape index (κ2) is 8.89. The molecule has 0 saturated heterocycles. The van der Waals surface area contributed by atoms with Crippen LogP contribution in [0.5, 0.6) is 11.5 Å². The molecule has 2 N–H and O–H groups in total. The van der Waals surface area contributed by atoms with Crippen molar-refractivity contribution in [2.24, 2.45) is 0 Å². The zero-order valence-electron chi connectivity index (χ0n) is 13.9. The Hall–Kier alpha value is -1.79. The molecule has 0 saturated carbocycles. The minimum atomic E-state index is 0.0805. The van der Waals surface area contributed by atoms with Crippen molar-refractivity contribution in [2.45, 2.75) is 19.4 Å². The third kappa shape index (κ3) is 4.85. The maximum absolute atomic E-state index is 5.44. The van der Waals surface area contributed by atoms with Gasteiger partial charge in [-0.05, 0) is 54.5 Å². The second-order valence-electron chi connectivity index (χ2n) is 5.18. The number of hydrogen-bond acceptors (Lipinski definition) is 3. The van der Waals surface area contributed by atoms with E-state index in [1.807, 2.05) is 42.5 Å². The molecular formula is C18H21BrN2O2S. The van der Waals surface area contributed by atoms with Gasteiger partial charge in [0.25, 0.3) is 0 Å². The van der Waals surface area contributed by atoms with Crippen molar-refractivity contribution < 1.29 is 9.47 Å². The molecule has 0 unspecified atom stereocenters. The lowest BCUT2D eigenvalue weighted by Crippen LogP contribution is -2.32. The van der Waals surface area contributed by atoms with Crippen LogP contribution in [0.4, 0.5) is 5.69 Å². The lowest BCUT2D eigenvalue weighted by molar-refractivity contribution is 0.354. The van der Waals surface area contributed by atoms with Gasteiger partial charge in [0.1, 0.15) is 0 Å². The number of rotatable bonds is 6. The van der Waals surface area contributed by atoms with Crippen LogP contribution in [0.3, 0.4) is 0 Å². The average molecular weight is 409 g/mol. The summed E-state index contributed by atoms with van der Waals surface area (Å²) in [5.41, 5.74) is 2.03. The van der Waals surface area contributed by atoms with E-state index in [0.717, 1.165) is 22.1 Å². The monoisotopic (exact) mass is 408 g/mol. The summed E-state index contributed by atoms with van der Waals surface area (Å²) in [5, 5.41) is 7.13. The van der Waals surface area contributed by atoms with Crippen LogP contribution in [-0.4, -0.2) is 19.3 Å². The van der Waals surface area contributed by atoms with Crippen LogP contribution in [0.15, 0.2) is 46.9 Å². The van der Waals surface area contributed by atoms with Gasteiger partial charge in [-0.1, -0.05) is 35.0 Å². The highest BCUT2D eigenvalue weighted by Crippen LogP contribution is 2.30. The summed E-state index contributed by atoms with van der Waals surface area (Å²) >= 11 is 8.89. The molecule has 0 fully saturated rings. The van der Waals surface area contributed by atoms with Crippen molar-refractivity contribution in [3.8, 4) is 11.5 Å². The Morgan fingerprint density at radius 1 is 1.12 bits per heavy atom. The van der Waals surface area contributed by atoms with Crippen LogP contribution < -0.4 is 20.1 Å². The van der Waals surface area contributed by atoms with E-state index in [2.05, 4.69) is 33.5 Å². The van der Waals surface area contributed by atoms with Gasteiger partial charge >= 0.3 is 0 Å². The Balaban J connectivity index is 2.09. The maximum atomic E-state index is 5.44. The first-order valence-electron chi connectivity index (χ1n) is 7.62. The van der Waals surface area contributed by atoms with Crippen molar-refractivity contribution in [1.82, 2.24) is 5.32 Å². The predicted octanol–water partition coefficient (Wildman–Crippen LogP) is 4.90. The number of ether oxygens (including phenoxy) is 2. The highest BCUT2D eigenvalue weighted by atomic mass is 79.9. The number of thiocarbonyl (C=S) groups is 1. The lowest BCUT2D eigenvalue weighted by atomic mass is 10.0. The number of methoxy groups -OCH3 is 2. The average Bonchev–Trinajstić information content (AvgIpc) is 2.59. The molecule has 6 heteroatoms. The van der Waals surface area contributed by atoms with Gasteiger partial charge in [-0.25, -0.2) is 0 Å². The van der Waals surface area contributed by atoms with E-state index >= 15 is 0 Å². The summed E-state index contributed by atoms with van der Waals surface area (Å²) in [6.07, 6.45) is 0.885. The second-order valence-corrected chi connectivity index (χ2v) is 6.51. The highest BCUT2D eigenvalue weighted by Gasteiger charge is 2.14. The molecule has 0 aromatic heterocycles. The fourth-order valence-corrected chi connectivity index (χ4v) is 3.04. The van der Waals surface area contributed by atoms with E-state index in [1.165, 1.54) is 0 Å². The SMILES string of the molecule is CC[C@@H](NC(=S)Nc1cccc(Br)c1)c1ccc(OC)c(OC)c1. The molecule has 0 radical (unpaired) electrons. The molecule has 2 rings (SSSR count). The number of halogens is 1. The zero-order valence-corrected chi connectivity index (χ0v) is 16.3. The van der Waals surface area contributed by atoms with E-state index in [4.69, 9.17) is 21.7 Å². The van der Waals surface area contributed by atoms with Crippen LogP contribution in [-0.2, 0) is 0 Å². The van der Waals surface area contributed by atoms with Gasteiger partial charge in [0.15, 0.2) is 16.6 Å². The van der Waals surface area contributed by atoms with Gasteiger partial charge in [-0.2, -0.15) is 0 Å². The minimum Gasteiger partial charge on any atom is -0.493 e. The number of benzene rings is 2. The highest BCUT2D eigenvalue weighted by molar-refractivity contribution is 9.10. The third-order valence-electron chi connectivity index (χ3n) is 3.61. The van der Waals surface area contributed by atoms with Gasteiger partial charge < -0.3 is 20.1 Å². The summed E-state index contributed by atoms with van der Waals surface area (Å²) < 4.78 is 11.7. The van der Waals surface area contributed by atoms with Gasteiger partial charge in [0, 0.05) is 10.2 Å². The summed E-state index contributed by atoms with van der Waals surface area (Å²) in [4.78, 5) is 0. The Morgan fingerprint density at radius 2 is 1.88 bits per heavy atom. The molecule has 0 aliphatic carbocycles. The van der Waals surface area contributed by atoms with Crippen molar-refractivity contribution >= 4 is 38.9 Å². The van der Waals surface area contributed by atoms with Gasteiger partial charge in [-0.15, -0.1) is 0 Å². The van der Waals surface area contributed by atoms with Crippen molar-refractivity contribution in [3.63, 3.8) is 0 Å². The lowest BCUT2D eigenvalue weighted by Gasteiger charge is -2.21. The van der Waals surface area contributed by atoms with Crippen LogP contribution in [0, 0.1) is 0 Å². The van der Waals surface area contributed by atoms with Gasteiger partial charge in [-0.3, -0.25) is 0 Å². The first-order chi connectivity index (χ1) is 11.6. The molecule has 0 heterocycles. The first kappa shape index (κ1) is 18.5. The van der Waals surface area contributed by atoms with Crippen molar-refractivity contribution in [2.75, 3.05) is 19.5 Å². The molecule has 128 valence electrons. The Labute approximate surface area is 156 Å². The Bertz CT molecular complexity index is 709. The molecule has 0 aliphatic rings. The predicted molar refractivity (Wildman–Crippen MR) is 106 cm³/mol. The van der Waals surface area contributed by atoms with E-state index in [9.17, 15) is 0 Å². The number of anilines is 1. The molecular weight excluding hydrogens is 388 g/mol. The first-order valence-corrected chi connectivity index (χ1v) is 8.82. The van der Waals surface area contributed by atoms with Crippen molar-refractivity contribution in [1.29, 1.82) is 0 Å². The summed E-state index contributed by atoms with van der Waals surface area (Å²) in [7, 11) is 3.26. The fraction of sp³-hybridized carbons (Fsp3) is 0.278. The van der Waals surface area contributed by atoms with E-state index < -0.39 is 0 Å². The summed E-state index contributed by atoms with van der Waals surface area (Å²) in [6.45, 7) is 2.11. The molecule has 0 aliphatic heterocycles. The van der Waals surface area contributed by atoms with Gasteiger partial charge in [0.2, 0.25) is 0 Å². The molecule has 24 heavy (non-hydrogen) atoms. The minimum absolute atomic E-state index is 0.0805. The van der Waals surface area contributed by atoms with E-state index in [1.54, 1.807) is 14.2 Å². The smallest absolute Gasteiger partial charge is 0.171 e.